The normalized spacial score (nSPS) is 13.6. The third kappa shape index (κ3) is 3.80. The molecular formula is C14H22N2O3S. The van der Waals surface area contributed by atoms with Gasteiger partial charge in [0.1, 0.15) is 0 Å². The molecule has 1 aromatic rings. The largest absolute Gasteiger partial charge is 0.349 e. The SMILES string of the molecule is CC(C)C(C)NC(=O)c1cccc(S(=O)(=O)N(C)C)c1. The highest BCUT2D eigenvalue weighted by atomic mass is 32.2. The number of rotatable bonds is 5. The maximum absolute atomic E-state index is 12.1. The summed E-state index contributed by atoms with van der Waals surface area (Å²) in [6.45, 7) is 5.94. The Morgan fingerprint density at radius 3 is 2.30 bits per heavy atom. The van der Waals surface area contributed by atoms with E-state index in [0.717, 1.165) is 4.31 Å². The molecule has 1 N–H and O–H groups in total. The van der Waals surface area contributed by atoms with Crippen molar-refractivity contribution in [2.75, 3.05) is 14.1 Å². The molecule has 0 aromatic heterocycles. The van der Waals surface area contributed by atoms with E-state index >= 15 is 0 Å². The average Bonchev–Trinajstić information content (AvgIpc) is 2.38. The molecule has 0 bridgehead atoms. The second kappa shape index (κ2) is 6.37. The van der Waals surface area contributed by atoms with Gasteiger partial charge in [-0.05, 0) is 31.0 Å². The quantitative estimate of drug-likeness (QED) is 0.900. The van der Waals surface area contributed by atoms with E-state index in [2.05, 4.69) is 5.32 Å². The number of nitrogens with zero attached hydrogens (tertiary/aromatic N) is 1. The Balaban J connectivity index is 3.03. The van der Waals surface area contributed by atoms with Gasteiger partial charge in [-0.1, -0.05) is 19.9 Å². The lowest BCUT2D eigenvalue weighted by Gasteiger charge is -2.18. The maximum Gasteiger partial charge on any atom is 0.251 e. The molecule has 0 aliphatic rings. The molecule has 6 heteroatoms. The van der Waals surface area contributed by atoms with Crippen molar-refractivity contribution in [2.45, 2.75) is 31.7 Å². The van der Waals surface area contributed by atoms with E-state index in [9.17, 15) is 13.2 Å². The van der Waals surface area contributed by atoms with Gasteiger partial charge in [-0.15, -0.1) is 0 Å². The maximum atomic E-state index is 12.1. The van der Waals surface area contributed by atoms with Gasteiger partial charge in [0.05, 0.1) is 4.90 Å². The lowest BCUT2D eigenvalue weighted by atomic mass is 10.1. The number of sulfonamides is 1. The van der Waals surface area contributed by atoms with Crippen LogP contribution in [0.3, 0.4) is 0 Å². The lowest BCUT2D eigenvalue weighted by Crippen LogP contribution is -2.36. The molecule has 0 spiro atoms. The monoisotopic (exact) mass is 298 g/mol. The van der Waals surface area contributed by atoms with Crippen LogP contribution >= 0.6 is 0 Å². The second-order valence-corrected chi connectivity index (χ2v) is 7.47. The standard InChI is InChI=1S/C14H22N2O3S/c1-10(2)11(3)15-14(17)12-7-6-8-13(9-12)20(18,19)16(4)5/h6-11H,1-5H3,(H,15,17). The Hall–Kier alpha value is -1.40. The van der Waals surface area contributed by atoms with Crippen LogP contribution in [0.1, 0.15) is 31.1 Å². The van der Waals surface area contributed by atoms with E-state index in [1.54, 1.807) is 12.1 Å². The number of amides is 1. The van der Waals surface area contributed by atoms with Crippen molar-refractivity contribution in [1.82, 2.24) is 9.62 Å². The van der Waals surface area contributed by atoms with Crippen LogP contribution in [0.15, 0.2) is 29.2 Å². The van der Waals surface area contributed by atoms with Crippen LogP contribution in [-0.2, 0) is 10.0 Å². The smallest absolute Gasteiger partial charge is 0.251 e. The zero-order chi connectivity index (χ0) is 15.5. The Bertz CT molecular complexity index is 580. The highest BCUT2D eigenvalue weighted by Crippen LogP contribution is 2.15. The average molecular weight is 298 g/mol. The lowest BCUT2D eigenvalue weighted by molar-refractivity contribution is 0.0930. The molecule has 1 amide bonds. The van der Waals surface area contributed by atoms with Gasteiger partial charge in [-0.2, -0.15) is 0 Å². The van der Waals surface area contributed by atoms with Crippen LogP contribution in [0.5, 0.6) is 0 Å². The van der Waals surface area contributed by atoms with Gasteiger partial charge < -0.3 is 5.32 Å². The van der Waals surface area contributed by atoms with E-state index in [4.69, 9.17) is 0 Å². The summed E-state index contributed by atoms with van der Waals surface area (Å²) in [5, 5.41) is 2.86. The summed E-state index contributed by atoms with van der Waals surface area (Å²) >= 11 is 0. The second-order valence-electron chi connectivity index (χ2n) is 5.32. The van der Waals surface area contributed by atoms with Gasteiger partial charge in [0, 0.05) is 25.7 Å². The molecule has 1 unspecified atom stereocenters. The zero-order valence-corrected chi connectivity index (χ0v) is 13.4. The van der Waals surface area contributed by atoms with Crippen LogP contribution in [0.2, 0.25) is 0 Å². The molecule has 0 saturated heterocycles. The molecule has 0 heterocycles. The first-order chi connectivity index (χ1) is 9.16. The van der Waals surface area contributed by atoms with Gasteiger partial charge in [-0.3, -0.25) is 4.79 Å². The van der Waals surface area contributed by atoms with Crippen molar-refractivity contribution in [1.29, 1.82) is 0 Å². The summed E-state index contributed by atoms with van der Waals surface area (Å²) in [5.74, 6) is 0.0506. The van der Waals surface area contributed by atoms with Crippen molar-refractivity contribution in [3.8, 4) is 0 Å². The number of benzene rings is 1. The van der Waals surface area contributed by atoms with E-state index in [1.165, 1.54) is 26.2 Å². The Kier molecular flexibility index (Phi) is 5.30. The molecule has 1 atom stereocenters. The summed E-state index contributed by atoms with van der Waals surface area (Å²) in [6.07, 6.45) is 0. The summed E-state index contributed by atoms with van der Waals surface area (Å²) in [5.41, 5.74) is 0.348. The Labute approximate surface area is 121 Å². The van der Waals surface area contributed by atoms with E-state index in [0.29, 0.717) is 11.5 Å². The molecule has 1 aromatic carbocycles. The molecule has 0 radical (unpaired) electrons. The molecule has 5 nitrogen and oxygen atoms in total. The van der Waals surface area contributed by atoms with Crippen molar-refractivity contribution < 1.29 is 13.2 Å². The third-order valence-corrected chi connectivity index (χ3v) is 5.04. The minimum atomic E-state index is -3.52. The summed E-state index contributed by atoms with van der Waals surface area (Å²) < 4.78 is 25.2. The predicted molar refractivity (Wildman–Crippen MR) is 79.1 cm³/mol. The van der Waals surface area contributed by atoms with Crippen molar-refractivity contribution in [2.24, 2.45) is 5.92 Å². The zero-order valence-electron chi connectivity index (χ0n) is 12.5. The summed E-state index contributed by atoms with van der Waals surface area (Å²) in [6, 6.07) is 6.09. The summed E-state index contributed by atoms with van der Waals surface area (Å²) in [7, 11) is -0.602. The molecular weight excluding hydrogens is 276 g/mol. The van der Waals surface area contributed by atoms with Gasteiger partial charge in [0.25, 0.3) is 5.91 Å². The van der Waals surface area contributed by atoms with Crippen molar-refractivity contribution in [3.05, 3.63) is 29.8 Å². The van der Waals surface area contributed by atoms with E-state index < -0.39 is 10.0 Å². The summed E-state index contributed by atoms with van der Waals surface area (Å²) in [4.78, 5) is 12.2. The molecule has 1 rings (SSSR count). The molecule has 20 heavy (non-hydrogen) atoms. The van der Waals surface area contributed by atoms with Crippen LogP contribution < -0.4 is 5.32 Å². The van der Waals surface area contributed by atoms with Crippen LogP contribution in [-0.4, -0.2) is 38.8 Å². The number of carbonyl (C=O) groups excluding carboxylic acids is 1. The third-order valence-electron chi connectivity index (χ3n) is 3.23. The minimum Gasteiger partial charge on any atom is -0.349 e. The van der Waals surface area contributed by atoms with Crippen molar-refractivity contribution >= 4 is 15.9 Å². The van der Waals surface area contributed by atoms with Crippen LogP contribution in [0, 0.1) is 5.92 Å². The number of hydrogen-bond acceptors (Lipinski definition) is 3. The fraction of sp³-hybridized carbons (Fsp3) is 0.500. The van der Waals surface area contributed by atoms with Crippen LogP contribution in [0.25, 0.3) is 0 Å². The van der Waals surface area contributed by atoms with E-state index in [-0.39, 0.29) is 16.8 Å². The first-order valence-corrected chi connectivity index (χ1v) is 7.93. The number of nitrogens with one attached hydrogen (secondary N) is 1. The number of hydrogen-bond donors (Lipinski definition) is 1. The first-order valence-electron chi connectivity index (χ1n) is 6.49. The highest BCUT2D eigenvalue weighted by molar-refractivity contribution is 7.89. The molecule has 0 aliphatic carbocycles. The molecule has 0 aliphatic heterocycles. The first kappa shape index (κ1) is 16.7. The topological polar surface area (TPSA) is 66.5 Å². The van der Waals surface area contributed by atoms with Gasteiger partial charge in [0.15, 0.2) is 0 Å². The van der Waals surface area contributed by atoms with Crippen molar-refractivity contribution in [3.63, 3.8) is 0 Å². The Morgan fingerprint density at radius 2 is 1.80 bits per heavy atom. The number of carbonyl (C=O) groups is 1. The fourth-order valence-electron chi connectivity index (χ4n) is 1.47. The minimum absolute atomic E-state index is 0.0246. The van der Waals surface area contributed by atoms with Crippen LogP contribution in [0.4, 0.5) is 0 Å². The van der Waals surface area contributed by atoms with Gasteiger partial charge >= 0.3 is 0 Å². The van der Waals surface area contributed by atoms with Gasteiger partial charge in [-0.25, -0.2) is 12.7 Å². The highest BCUT2D eigenvalue weighted by Gasteiger charge is 2.19. The molecule has 112 valence electrons. The molecule has 0 saturated carbocycles. The van der Waals surface area contributed by atoms with E-state index in [1.807, 2.05) is 20.8 Å². The predicted octanol–water partition coefficient (Wildman–Crippen LogP) is 1.71. The van der Waals surface area contributed by atoms with Gasteiger partial charge in [0.2, 0.25) is 10.0 Å². The fourth-order valence-corrected chi connectivity index (χ4v) is 2.41. The molecule has 0 fully saturated rings. The Morgan fingerprint density at radius 1 is 1.20 bits per heavy atom.